The van der Waals surface area contributed by atoms with Crippen LogP contribution < -0.4 is 0 Å². The van der Waals surface area contributed by atoms with Gasteiger partial charge in [-0.1, -0.05) is 6.42 Å². The average Bonchev–Trinajstić information content (AvgIpc) is 2.63. The van der Waals surface area contributed by atoms with Crippen LogP contribution in [0.2, 0.25) is 0 Å². The maximum absolute atomic E-state index is 8.57. The highest BCUT2D eigenvalue weighted by Gasteiger charge is 2.14. The summed E-state index contributed by atoms with van der Waals surface area (Å²) >= 11 is 1.99. The summed E-state index contributed by atoms with van der Waals surface area (Å²) < 4.78 is 5.52. The number of unbranched alkanes of at least 4 members (excludes halogenated alkanes) is 2. The van der Waals surface area contributed by atoms with Crippen LogP contribution in [0.1, 0.15) is 32.1 Å². The molecule has 0 spiro atoms. The Morgan fingerprint density at radius 1 is 1.31 bits per heavy atom. The second-order valence-corrected chi connectivity index (χ2v) is 4.64. The first-order valence-electron chi connectivity index (χ1n) is 5.23. The van der Waals surface area contributed by atoms with E-state index in [9.17, 15) is 0 Å². The Labute approximate surface area is 85.0 Å². The molecule has 1 heterocycles. The Bertz CT molecular complexity index is 113. The largest absolute Gasteiger partial charge is 0.396 e. The van der Waals surface area contributed by atoms with Crippen LogP contribution in [0.25, 0.3) is 0 Å². The van der Waals surface area contributed by atoms with E-state index in [1.165, 1.54) is 30.8 Å². The zero-order chi connectivity index (χ0) is 9.36. The van der Waals surface area contributed by atoms with Gasteiger partial charge in [-0.05, 0) is 31.4 Å². The Balaban J connectivity index is 1.78. The highest BCUT2D eigenvalue weighted by Crippen LogP contribution is 2.17. The molecule has 0 radical (unpaired) electrons. The highest BCUT2D eigenvalue weighted by atomic mass is 32.2. The first kappa shape index (κ1) is 11.3. The fraction of sp³-hybridized carbons (Fsp3) is 1.00. The van der Waals surface area contributed by atoms with Gasteiger partial charge >= 0.3 is 0 Å². The number of aliphatic hydroxyl groups excluding tert-OH is 1. The van der Waals surface area contributed by atoms with E-state index in [0.717, 1.165) is 19.4 Å². The van der Waals surface area contributed by atoms with Gasteiger partial charge in [-0.15, -0.1) is 0 Å². The molecular weight excluding hydrogens is 184 g/mol. The van der Waals surface area contributed by atoms with Crippen LogP contribution in [0.15, 0.2) is 0 Å². The van der Waals surface area contributed by atoms with Crippen molar-refractivity contribution in [2.45, 2.75) is 38.2 Å². The van der Waals surface area contributed by atoms with Crippen LogP contribution in [0.4, 0.5) is 0 Å². The summed E-state index contributed by atoms with van der Waals surface area (Å²) in [5, 5.41) is 8.57. The summed E-state index contributed by atoms with van der Waals surface area (Å²) in [5.41, 5.74) is 0. The number of rotatable bonds is 7. The van der Waals surface area contributed by atoms with Gasteiger partial charge in [-0.3, -0.25) is 0 Å². The van der Waals surface area contributed by atoms with Crippen molar-refractivity contribution in [3.05, 3.63) is 0 Å². The third kappa shape index (κ3) is 5.55. The summed E-state index contributed by atoms with van der Waals surface area (Å²) in [6.45, 7) is 1.31. The maximum Gasteiger partial charge on any atom is 0.0666 e. The summed E-state index contributed by atoms with van der Waals surface area (Å²) in [6.07, 6.45) is 6.38. The lowest BCUT2D eigenvalue weighted by atomic mass is 10.3. The molecule has 78 valence electrons. The molecule has 1 saturated heterocycles. The number of ether oxygens (including phenoxy) is 1. The van der Waals surface area contributed by atoms with E-state index in [1.807, 2.05) is 11.8 Å². The smallest absolute Gasteiger partial charge is 0.0666 e. The van der Waals surface area contributed by atoms with Gasteiger partial charge in [0.1, 0.15) is 0 Å². The van der Waals surface area contributed by atoms with Crippen LogP contribution in [0, 0.1) is 0 Å². The van der Waals surface area contributed by atoms with Crippen LogP contribution in [-0.4, -0.2) is 35.9 Å². The van der Waals surface area contributed by atoms with Crippen molar-refractivity contribution < 1.29 is 9.84 Å². The van der Waals surface area contributed by atoms with Gasteiger partial charge in [0, 0.05) is 19.0 Å². The van der Waals surface area contributed by atoms with Crippen molar-refractivity contribution in [3.63, 3.8) is 0 Å². The van der Waals surface area contributed by atoms with Crippen LogP contribution in [0.3, 0.4) is 0 Å². The molecule has 0 bridgehead atoms. The molecule has 1 aliphatic heterocycles. The molecule has 1 rings (SSSR count). The number of thioether (sulfide) groups is 1. The topological polar surface area (TPSA) is 29.5 Å². The summed E-state index contributed by atoms with van der Waals surface area (Å²) in [7, 11) is 0. The first-order chi connectivity index (χ1) is 6.43. The molecule has 0 aliphatic carbocycles. The maximum atomic E-state index is 8.57. The minimum Gasteiger partial charge on any atom is -0.396 e. The Kier molecular flexibility index (Phi) is 6.68. The van der Waals surface area contributed by atoms with Crippen molar-refractivity contribution in [2.75, 3.05) is 24.7 Å². The summed E-state index contributed by atoms with van der Waals surface area (Å²) in [4.78, 5) is 0. The lowest BCUT2D eigenvalue weighted by Gasteiger charge is -2.07. The molecule has 0 aromatic heterocycles. The van der Waals surface area contributed by atoms with Gasteiger partial charge < -0.3 is 9.84 Å². The lowest BCUT2D eigenvalue weighted by molar-refractivity contribution is 0.129. The van der Waals surface area contributed by atoms with E-state index in [4.69, 9.17) is 9.84 Å². The summed E-state index contributed by atoms with van der Waals surface area (Å²) in [6, 6.07) is 0. The van der Waals surface area contributed by atoms with Crippen molar-refractivity contribution in [2.24, 2.45) is 0 Å². The Hall–Kier alpha value is 0.270. The SMILES string of the molecule is OCCCCCSCC1CCCO1. The van der Waals surface area contributed by atoms with E-state index < -0.39 is 0 Å². The van der Waals surface area contributed by atoms with E-state index in [2.05, 4.69) is 0 Å². The van der Waals surface area contributed by atoms with E-state index >= 15 is 0 Å². The van der Waals surface area contributed by atoms with Crippen molar-refractivity contribution >= 4 is 11.8 Å². The first-order valence-corrected chi connectivity index (χ1v) is 6.39. The second-order valence-electron chi connectivity index (χ2n) is 3.49. The van der Waals surface area contributed by atoms with E-state index in [0.29, 0.717) is 12.7 Å². The van der Waals surface area contributed by atoms with Crippen LogP contribution >= 0.6 is 11.8 Å². The fourth-order valence-corrected chi connectivity index (χ4v) is 2.58. The van der Waals surface area contributed by atoms with Gasteiger partial charge in [0.15, 0.2) is 0 Å². The fourth-order valence-electron chi connectivity index (χ4n) is 1.48. The van der Waals surface area contributed by atoms with Crippen LogP contribution in [-0.2, 0) is 4.74 Å². The van der Waals surface area contributed by atoms with Gasteiger partial charge in [0.05, 0.1) is 6.10 Å². The third-order valence-electron chi connectivity index (χ3n) is 2.27. The highest BCUT2D eigenvalue weighted by molar-refractivity contribution is 7.99. The predicted octanol–water partition coefficient (Wildman–Crippen LogP) is 2.06. The van der Waals surface area contributed by atoms with Gasteiger partial charge in [0.25, 0.3) is 0 Å². The normalized spacial score (nSPS) is 22.4. The molecule has 1 atom stereocenters. The molecule has 1 aliphatic rings. The number of aliphatic hydroxyl groups is 1. The number of hydrogen-bond donors (Lipinski definition) is 1. The number of hydrogen-bond acceptors (Lipinski definition) is 3. The average molecular weight is 204 g/mol. The second kappa shape index (κ2) is 7.65. The molecule has 0 amide bonds. The standard InChI is InChI=1S/C10H20O2S/c11-6-2-1-3-8-13-9-10-5-4-7-12-10/h10-11H,1-9H2. The van der Waals surface area contributed by atoms with Crippen molar-refractivity contribution in [3.8, 4) is 0 Å². The minimum absolute atomic E-state index is 0.344. The lowest BCUT2D eigenvalue weighted by Crippen LogP contribution is -2.08. The quantitative estimate of drug-likeness (QED) is 0.644. The molecule has 1 unspecified atom stereocenters. The third-order valence-corrected chi connectivity index (χ3v) is 3.46. The molecule has 3 heteroatoms. The zero-order valence-corrected chi connectivity index (χ0v) is 9.02. The molecule has 0 aromatic rings. The molecule has 0 aromatic carbocycles. The minimum atomic E-state index is 0.344. The van der Waals surface area contributed by atoms with Crippen molar-refractivity contribution in [1.29, 1.82) is 0 Å². The van der Waals surface area contributed by atoms with Crippen LogP contribution in [0.5, 0.6) is 0 Å². The van der Waals surface area contributed by atoms with E-state index in [1.54, 1.807) is 0 Å². The molecule has 13 heavy (non-hydrogen) atoms. The van der Waals surface area contributed by atoms with Gasteiger partial charge in [0.2, 0.25) is 0 Å². The Morgan fingerprint density at radius 3 is 2.92 bits per heavy atom. The van der Waals surface area contributed by atoms with Crippen molar-refractivity contribution in [1.82, 2.24) is 0 Å². The van der Waals surface area contributed by atoms with E-state index in [-0.39, 0.29) is 0 Å². The monoisotopic (exact) mass is 204 g/mol. The molecule has 2 nitrogen and oxygen atoms in total. The molecule has 1 fully saturated rings. The zero-order valence-electron chi connectivity index (χ0n) is 8.21. The van der Waals surface area contributed by atoms with Gasteiger partial charge in [-0.25, -0.2) is 0 Å². The predicted molar refractivity (Wildman–Crippen MR) is 57.2 cm³/mol. The molecular formula is C10H20O2S. The Morgan fingerprint density at radius 2 is 2.23 bits per heavy atom. The molecule has 0 saturated carbocycles. The summed E-state index contributed by atoms with van der Waals surface area (Å²) in [5.74, 6) is 2.39. The van der Waals surface area contributed by atoms with Gasteiger partial charge in [-0.2, -0.15) is 11.8 Å². The molecule has 1 N–H and O–H groups in total.